The molecule has 9 heavy (non-hydrogen) atoms. The molecule has 0 unspecified atom stereocenters. The highest BCUT2D eigenvalue weighted by atomic mass is 16.5. The fourth-order valence-electron chi connectivity index (χ4n) is 0.514. The van der Waals surface area contributed by atoms with Crippen molar-refractivity contribution in [1.29, 1.82) is 5.41 Å². The molecule has 0 heterocycles. The second-order valence-electron chi connectivity index (χ2n) is 1.46. The molecule has 44 valence electrons. The minimum atomic E-state index is 0.576. The third-order valence-corrected chi connectivity index (χ3v) is 0.866. The van der Waals surface area contributed by atoms with E-state index in [1.165, 1.54) is 0 Å². The smallest absolute Gasteiger partial charge is 0.295 e. The minimum absolute atomic E-state index is 0.576. The molecule has 1 N–H and O–H groups in total. The number of hydrogen-bond acceptors (Lipinski definition) is 2. The Hall–Kier alpha value is -1.40. The van der Waals surface area contributed by atoms with Gasteiger partial charge in [0.05, 0.1) is 18.2 Å². The van der Waals surface area contributed by atoms with Crippen LogP contribution in [0.4, 0.5) is 0 Å². The van der Waals surface area contributed by atoms with Gasteiger partial charge in [-0.25, -0.2) is 0 Å². The van der Waals surface area contributed by atoms with Crippen LogP contribution in [0.2, 0.25) is 0 Å². The SMILES string of the molecule is N=COC1=CC=CC=[C+]1. The lowest BCUT2D eigenvalue weighted by molar-refractivity contribution is 0.446. The standard InChI is InChI=1S/C7H6NO/c8-6-9-7-4-2-1-3-5-7/h1-4,6,8H/q+1. The van der Waals surface area contributed by atoms with E-state index in [1.807, 2.05) is 12.2 Å². The summed E-state index contributed by atoms with van der Waals surface area (Å²) in [4.78, 5) is 0. The Morgan fingerprint density at radius 2 is 2.44 bits per heavy atom. The van der Waals surface area contributed by atoms with Crippen molar-refractivity contribution in [1.82, 2.24) is 0 Å². The van der Waals surface area contributed by atoms with Crippen LogP contribution < -0.4 is 0 Å². The summed E-state index contributed by atoms with van der Waals surface area (Å²) in [6, 6.07) is 0. The number of rotatable bonds is 2. The third-order valence-electron chi connectivity index (χ3n) is 0.866. The Morgan fingerprint density at radius 1 is 1.56 bits per heavy atom. The Kier molecular flexibility index (Phi) is 1.78. The average Bonchev–Trinajstić information content (AvgIpc) is 1.91. The molecule has 1 aliphatic rings. The quantitative estimate of drug-likeness (QED) is 0.333. The van der Waals surface area contributed by atoms with Gasteiger partial charge in [0, 0.05) is 6.08 Å². The van der Waals surface area contributed by atoms with E-state index in [1.54, 1.807) is 12.2 Å². The Bertz CT molecular complexity index is 189. The van der Waals surface area contributed by atoms with Gasteiger partial charge in [0.1, 0.15) is 6.08 Å². The van der Waals surface area contributed by atoms with Crippen LogP contribution in [-0.2, 0) is 4.74 Å². The molecule has 1 aliphatic carbocycles. The molecule has 0 amide bonds. The van der Waals surface area contributed by atoms with Crippen molar-refractivity contribution in [3.63, 3.8) is 0 Å². The molecule has 0 atom stereocenters. The van der Waals surface area contributed by atoms with E-state index in [0.717, 1.165) is 6.40 Å². The Labute approximate surface area is 53.7 Å². The zero-order chi connectivity index (χ0) is 6.53. The molecule has 0 saturated carbocycles. The monoisotopic (exact) mass is 120 g/mol. The summed E-state index contributed by atoms with van der Waals surface area (Å²) in [6.07, 6.45) is 10.8. The van der Waals surface area contributed by atoms with Crippen molar-refractivity contribution in [2.45, 2.75) is 0 Å². The lowest BCUT2D eigenvalue weighted by Crippen LogP contribution is -1.86. The van der Waals surface area contributed by atoms with Gasteiger partial charge >= 0.3 is 0 Å². The summed E-state index contributed by atoms with van der Waals surface area (Å²) in [5.41, 5.74) is 0. The topological polar surface area (TPSA) is 33.1 Å². The predicted octanol–water partition coefficient (Wildman–Crippen LogP) is 1.42. The van der Waals surface area contributed by atoms with Gasteiger partial charge in [0.25, 0.3) is 5.76 Å². The predicted molar refractivity (Wildman–Crippen MR) is 34.9 cm³/mol. The highest BCUT2D eigenvalue weighted by Crippen LogP contribution is 2.01. The van der Waals surface area contributed by atoms with Gasteiger partial charge in [-0.15, -0.1) is 0 Å². The molecule has 1 rings (SSSR count). The molecular formula is C7H6NO+. The first-order chi connectivity index (χ1) is 4.43. The minimum Gasteiger partial charge on any atom is -0.415 e. The molecule has 2 nitrogen and oxygen atoms in total. The van der Waals surface area contributed by atoms with Gasteiger partial charge in [0.15, 0.2) is 6.40 Å². The van der Waals surface area contributed by atoms with E-state index >= 15 is 0 Å². The number of ether oxygens (including phenoxy) is 1. The van der Waals surface area contributed by atoms with Gasteiger partial charge in [-0.3, -0.25) is 5.41 Å². The molecule has 0 fully saturated rings. The van der Waals surface area contributed by atoms with Crippen molar-refractivity contribution in [3.05, 3.63) is 36.1 Å². The first-order valence-electron chi connectivity index (χ1n) is 2.56. The van der Waals surface area contributed by atoms with Gasteiger partial charge in [-0.05, 0) is 0 Å². The molecule has 0 radical (unpaired) electrons. The molecule has 2 heteroatoms. The van der Waals surface area contributed by atoms with E-state index in [0.29, 0.717) is 5.76 Å². The van der Waals surface area contributed by atoms with Crippen molar-refractivity contribution in [3.8, 4) is 0 Å². The van der Waals surface area contributed by atoms with E-state index < -0.39 is 0 Å². The first-order valence-corrected chi connectivity index (χ1v) is 2.56. The van der Waals surface area contributed by atoms with E-state index in [9.17, 15) is 0 Å². The summed E-state index contributed by atoms with van der Waals surface area (Å²) in [6.45, 7) is 0. The van der Waals surface area contributed by atoms with E-state index in [-0.39, 0.29) is 0 Å². The van der Waals surface area contributed by atoms with E-state index in [2.05, 4.69) is 6.08 Å². The molecule has 0 aliphatic heterocycles. The van der Waals surface area contributed by atoms with E-state index in [4.69, 9.17) is 10.1 Å². The Morgan fingerprint density at radius 3 is 3.00 bits per heavy atom. The molecule has 0 bridgehead atoms. The summed E-state index contributed by atoms with van der Waals surface area (Å²) in [5.74, 6) is 0.576. The molecule has 0 aromatic rings. The van der Waals surface area contributed by atoms with Crippen LogP contribution >= 0.6 is 0 Å². The van der Waals surface area contributed by atoms with Crippen molar-refractivity contribution in [2.75, 3.05) is 0 Å². The van der Waals surface area contributed by atoms with Crippen molar-refractivity contribution >= 4 is 6.40 Å². The lowest BCUT2D eigenvalue weighted by atomic mass is 10.3. The fraction of sp³-hybridized carbons (Fsp3) is 0. The van der Waals surface area contributed by atoms with Gasteiger partial charge in [-0.1, -0.05) is 0 Å². The number of nitrogens with one attached hydrogen (secondary N) is 1. The zero-order valence-electron chi connectivity index (χ0n) is 4.79. The van der Waals surface area contributed by atoms with Gasteiger partial charge < -0.3 is 4.74 Å². The number of allylic oxidation sites excluding steroid dienone is 5. The van der Waals surface area contributed by atoms with Crippen LogP contribution in [0.25, 0.3) is 0 Å². The normalized spacial score (nSPS) is 14.0. The van der Waals surface area contributed by atoms with Crippen LogP contribution in [0.15, 0.2) is 30.1 Å². The summed E-state index contributed by atoms with van der Waals surface area (Å²) < 4.78 is 4.69. The van der Waals surface area contributed by atoms with Crippen LogP contribution in [0.1, 0.15) is 0 Å². The van der Waals surface area contributed by atoms with Crippen molar-refractivity contribution in [2.24, 2.45) is 0 Å². The molecule has 0 saturated heterocycles. The third kappa shape index (κ3) is 1.52. The maximum atomic E-state index is 6.57. The van der Waals surface area contributed by atoms with Crippen molar-refractivity contribution < 1.29 is 4.74 Å². The highest BCUT2D eigenvalue weighted by Gasteiger charge is 2.00. The summed E-state index contributed by atoms with van der Waals surface area (Å²) >= 11 is 0. The average molecular weight is 120 g/mol. The second kappa shape index (κ2) is 2.80. The maximum Gasteiger partial charge on any atom is 0.295 e. The fourth-order valence-corrected chi connectivity index (χ4v) is 0.514. The van der Waals surface area contributed by atoms with Gasteiger partial charge in [-0.2, -0.15) is 0 Å². The maximum absolute atomic E-state index is 6.57. The largest absolute Gasteiger partial charge is 0.415 e. The summed E-state index contributed by atoms with van der Waals surface area (Å²) in [7, 11) is 0. The van der Waals surface area contributed by atoms with Crippen LogP contribution in [0, 0.1) is 11.5 Å². The Balaban J connectivity index is 2.60. The number of hydrogen-bond donors (Lipinski definition) is 1. The first kappa shape index (κ1) is 5.73. The molecule has 0 aromatic heterocycles. The summed E-state index contributed by atoms with van der Waals surface area (Å²) in [5, 5.41) is 6.57. The van der Waals surface area contributed by atoms with Crippen LogP contribution in [0.3, 0.4) is 0 Å². The molecular weight excluding hydrogens is 114 g/mol. The van der Waals surface area contributed by atoms with Crippen LogP contribution in [-0.4, -0.2) is 6.40 Å². The van der Waals surface area contributed by atoms with Crippen LogP contribution in [0.5, 0.6) is 0 Å². The lowest BCUT2D eigenvalue weighted by Gasteiger charge is -1.88. The molecule has 0 spiro atoms. The molecule has 0 aromatic carbocycles. The second-order valence-corrected chi connectivity index (χ2v) is 1.46. The zero-order valence-corrected chi connectivity index (χ0v) is 4.79. The highest BCUT2D eigenvalue weighted by molar-refractivity contribution is 5.45. The van der Waals surface area contributed by atoms with Gasteiger partial charge in [0.2, 0.25) is 0 Å².